The summed E-state index contributed by atoms with van der Waals surface area (Å²) in [7, 11) is 0. The summed E-state index contributed by atoms with van der Waals surface area (Å²) < 4.78 is 5.71. The molecule has 34 heavy (non-hydrogen) atoms. The van der Waals surface area contributed by atoms with Gasteiger partial charge in [0, 0.05) is 22.7 Å². The minimum Gasteiger partial charge on any atom is -0.464 e. The molecular formula is C26H28N4O3S. The quantitative estimate of drug-likeness (QED) is 0.324. The van der Waals surface area contributed by atoms with Gasteiger partial charge in [-0.3, -0.25) is 9.59 Å². The molecule has 0 fully saturated rings. The summed E-state index contributed by atoms with van der Waals surface area (Å²) in [6.07, 6.45) is 2.34. The summed E-state index contributed by atoms with van der Waals surface area (Å²) in [6.45, 7) is 9.67. The number of amides is 2. The Morgan fingerprint density at radius 1 is 1.18 bits per heavy atom. The van der Waals surface area contributed by atoms with E-state index in [2.05, 4.69) is 15.6 Å². The van der Waals surface area contributed by atoms with Crippen LogP contribution >= 0.6 is 11.3 Å². The fraction of sp³-hybridized carbons (Fsp3) is 0.269. The van der Waals surface area contributed by atoms with E-state index >= 15 is 0 Å². The third-order valence-corrected chi connectivity index (χ3v) is 6.98. The van der Waals surface area contributed by atoms with E-state index in [1.165, 1.54) is 11.3 Å². The highest BCUT2D eigenvalue weighted by molar-refractivity contribution is 7.21. The lowest BCUT2D eigenvalue weighted by atomic mass is 9.99. The monoisotopic (exact) mass is 476 g/mol. The van der Waals surface area contributed by atoms with Gasteiger partial charge in [0.2, 0.25) is 0 Å². The topological polar surface area (TPSA) is 110 Å². The van der Waals surface area contributed by atoms with Gasteiger partial charge in [0.25, 0.3) is 11.8 Å². The molecule has 0 bridgehead atoms. The van der Waals surface area contributed by atoms with Crippen LogP contribution in [0.25, 0.3) is 21.5 Å². The average molecular weight is 477 g/mol. The van der Waals surface area contributed by atoms with Crippen LogP contribution in [0, 0.1) is 20.8 Å². The number of fused-ring (bicyclic) bond motifs is 1. The van der Waals surface area contributed by atoms with Gasteiger partial charge in [0.05, 0.1) is 23.2 Å². The Morgan fingerprint density at radius 3 is 2.59 bits per heavy atom. The number of hydrogen-bond donors (Lipinski definition) is 3. The third-order valence-electron chi connectivity index (χ3n) is 5.88. The number of anilines is 2. The van der Waals surface area contributed by atoms with Crippen molar-refractivity contribution in [2.75, 3.05) is 11.1 Å². The van der Waals surface area contributed by atoms with Crippen molar-refractivity contribution in [3.63, 3.8) is 0 Å². The zero-order valence-corrected chi connectivity index (χ0v) is 20.7. The molecule has 4 N–H and O–H groups in total. The van der Waals surface area contributed by atoms with Crippen molar-refractivity contribution < 1.29 is 14.0 Å². The second kappa shape index (κ2) is 9.30. The van der Waals surface area contributed by atoms with Crippen LogP contribution < -0.4 is 16.4 Å². The smallest absolute Gasteiger partial charge is 0.263 e. The molecule has 0 spiro atoms. The maximum absolute atomic E-state index is 13.6. The number of carbonyl (C=O) groups is 2. The molecule has 3 aromatic heterocycles. The van der Waals surface area contributed by atoms with Gasteiger partial charge in [0.15, 0.2) is 0 Å². The van der Waals surface area contributed by atoms with Crippen LogP contribution in [0.1, 0.15) is 57.1 Å². The van der Waals surface area contributed by atoms with Gasteiger partial charge in [-0.15, -0.1) is 11.3 Å². The van der Waals surface area contributed by atoms with E-state index < -0.39 is 0 Å². The molecule has 0 saturated carbocycles. The van der Waals surface area contributed by atoms with Crippen molar-refractivity contribution in [3.05, 3.63) is 63.9 Å². The number of nitrogens with one attached hydrogen (secondary N) is 2. The van der Waals surface area contributed by atoms with E-state index in [1.54, 1.807) is 25.3 Å². The van der Waals surface area contributed by atoms with Crippen LogP contribution in [0.2, 0.25) is 0 Å². The molecule has 4 rings (SSSR count). The van der Waals surface area contributed by atoms with E-state index in [0.29, 0.717) is 49.0 Å². The second-order valence-corrected chi connectivity index (χ2v) is 9.50. The number of benzene rings is 1. The molecule has 1 atom stereocenters. The molecule has 0 saturated heterocycles. The van der Waals surface area contributed by atoms with Crippen molar-refractivity contribution in [1.82, 2.24) is 10.3 Å². The van der Waals surface area contributed by atoms with Crippen LogP contribution in [-0.4, -0.2) is 22.8 Å². The number of carbonyl (C=O) groups excluding carboxylic acids is 2. The Kier molecular flexibility index (Phi) is 6.43. The predicted octanol–water partition coefficient (Wildman–Crippen LogP) is 5.84. The third kappa shape index (κ3) is 4.28. The number of aromatic nitrogens is 1. The predicted molar refractivity (Wildman–Crippen MR) is 138 cm³/mol. The van der Waals surface area contributed by atoms with E-state index in [4.69, 9.17) is 10.2 Å². The maximum atomic E-state index is 13.6. The number of nitrogens with two attached hydrogens (primary N) is 1. The van der Waals surface area contributed by atoms with E-state index in [1.807, 2.05) is 45.9 Å². The summed E-state index contributed by atoms with van der Waals surface area (Å²) in [5, 5.41) is 6.51. The number of pyridine rings is 1. The molecule has 7 nitrogen and oxygen atoms in total. The van der Waals surface area contributed by atoms with Crippen LogP contribution in [0.15, 0.2) is 41.0 Å². The molecule has 4 aromatic rings. The highest BCUT2D eigenvalue weighted by Crippen LogP contribution is 2.42. The summed E-state index contributed by atoms with van der Waals surface area (Å²) in [4.78, 5) is 32.1. The SMILES string of the molecule is CC[C@H](C)NC(=O)c1sc2nc(C)c(C(=O)Nc3ccc(C)cc3C)c(-c3ccco3)c2c1N. The standard InChI is InChI=1S/C26H28N4O3S/c1-6-15(4)28-25(32)23-22(27)21-20(18-8-7-11-33-18)19(16(5)29-26(21)34-23)24(31)30-17-10-9-13(2)12-14(17)3/h7-12,15H,6,27H2,1-5H3,(H,28,32)(H,30,31)/t15-/m0/s1. The Balaban J connectivity index is 1.89. The number of hydrogen-bond acceptors (Lipinski definition) is 6. The summed E-state index contributed by atoms with van der Waals surface area (Å²) in [6, 6.07) is 9.38. The Labute approximate surface area is 202 Å². The van der Waals surface area contributed by atoms with Crippen molar-refractivity contribution in [2.24, 2.45) is 0 Å². The normalized spacial score (nSPS) is 12.0. The van der Waals surface area contributed by atoms with Gasteiger partial charge in [-0.05, 0) is 57.9 Å². The summed E-state index contributed by atoms with van der Waals surface area (Å²) >= 11 is 1.22. The molecule has 3 heterocycles. The van der Waals surface area contributed by atoms with Gasteiger partial charge >= 0.3 is 0 Å². The van der Waals surface area contributed by atoms with Gasteiger partial charge in [-0.25, -0.2) is 4.98 Å². The molecule has 0 aliphatic heterocycles. The summed E-state index contributed by atoms with van der Waals surface area (Å²) in [5.41, 5.74) is 11.0. The fourth-order valence-corrected chi connectivity index (χ4v) is 4.96. The average Bonchev–Trinajstić information content (AvgIpc) is 3.43. The van der Waals surface area contributed by atoms with Crippen molar-refractivity contribution >= 4 is 44.7 Å². The van der Waals surface area contributed by atoms with Crippen molar-refractivity contribution in [3.8, 4) is 11.3 Å². The van der Waals surface area contributed by atoms with Gasteiger partial charge in [-0.1, -0.05) is 24.6 Å². The van der Waals surface area contributed by atoms with E-state index in [0.717, 1.165) is 17.5 Å². The van der Waals surface area contributed by atoms with Gasteiger partial charge in [0.1, 0.15) is 15.5 Å². The maximum Gasteiger partial charge on any atom is 0.263 e. The molecule has 0 aliphatic carbocycles. The van der Waals surface area contributed by atoms with Crippen LogP contribution in [0.3, 0.4) is 0 Å². The minimum absolute atomic E-state index is 0.00967. The molecular weight excluding hydrogens is 448 g/mol. The number of aryl methyl sites for hydroxylation is 3. The van der Waals surface area contributed by atoms with Crippen LogP contribution in [0.5, 0.6) is 0 Å². The fourth-order valence-electron chi connectivity index (χ4n) is 3.91. The Morgan fingerprint density at radius 2 is 1.94 bits per heavy atom. The number of nitrogen functional groups attached to an aromatic ring is 1. The Hall–Kier alpha value is -3.65. The first-order chi connectivity index (χ1) is 16.2. The highest BCUT2D eigenvalue weighted by Gasteiger charge is 2.28. The number of furan rings is 1. The van der Waals surface area contributed by atoms with Gasteiger partial charge in [-0.2, -0.15) is 0 Å². The van der Waals surface area contributed by atoms with E-state index in [9.17, 15) is 9.59 Å². The molecule has 176 valence electrons. The lowest BCUT2D eigenvalue weighted by Gasteiger charge is -2.14. The first kappa shape index (κ1) is 23.5. The molecule has 8 heteroatoms. The molecule has 0 unspecified atom stereocenters. The number of rotatable bonds is 6. The first-order valence-corrected chi connectivity index (χ1v) is 12.0. The lowest BCUT2D eigenvalue weighted by molar-refractivity contribution is 0.0943. The van der Waals surface area contributed by atoms with Crippen LogP contribution in [0.4, 0.5) is 11.4 Å². The molecule has 1 aromatic carbocycles. The first-order valence-electron chi connectivity index (χ1n) is 11.2. The molecule has 2 amide bonds. The summed E-state index contributed by atoms with van der Waals surface area (Å²) in [5.74, 6) is -0.0831. The molecule has 0 radical (unpaired) electrons. The number of thiophene rings is 1. The Bertz CT molecular complexity index is 1390. The zero-order valence-electron chi connectivity index (χ0n) is 19.9. The lowest BCUT2D eigenvalue weighted by Crippen LogP contribution is -2.31. The second-order valence-electron chi connectivity index (χ2n) is 8.50. The van der Waals surface area contributed by atoms with Gasteiger partial charge < -0.3 is 20.8 Å². The molecule has 0 aliphatic rings. The zero-order chi connectivity index (χ0) is 24.6. The highest BCUT2D eigenvalue weighted by atomic mass is 32.1. The van der Waals surface area contributed by atoms with E-state index in [-0.39, 0.29) is 17.9 Å². The largest absolute Gasteiger partial charge is 0.464 e. The van der Waals surface area contributed by atoms with Crippen molar-refractivity contribution in [1.29, 1.82) is 0 Å². The van der Waals surface area contributed by atoms with Crippen LogP contribution in [-0.2, 0) is 0 Å². The minimum atomic E-state index is -0.318. The van der Waals surface area contributed by atoms with Crippen molar-refractivity contribution in [2.45, 2.75) is 47.1 Å². The number of nitrogens with zero attached hydrogens (tertiary/aromatic N) is 1.